The zero-order valence-electron chi connectivity index (χ0n) is 30.5. The van der Waals surface area contributed by atoms with E-state index in [2.05, 4.69) is 38.2 Å². The molecular formula is C40H72O7. The molecule has 47 heavy (non-hydrogen) atoms. The van der Waals surface area contributed by atoms with Gasteiger partial charge in [-0.3, -0.25) is 14.4 Å². The lowest BCUT2D eigenvalue weighted by Crippen LogP contribution is -2.23. The Bertz CT molecular complexity index is 777. The van der Waals surface area contributed by atoms with E-state index in [4.69, 9.17) is 14.2 Å². The maximum atomic E-state index is 12.1. The Hall–Kier alpha value is -2.15. The van der Waals surface area contributed by atoms with Crippen LogP contribution in [0.15, 0.2) is 24.3 Å². The van der Waals surface area contributed by atoms with E-state index in [1.54, 1.807) is 0 Å². The molecule has 274 valence electrons. The fourth-order valence-corrected chi connectivity index (χ4v) is 5.19. The standard InChI is InChI=1S/C40H72O7/c1-3-5-7-9-11-12-13-14-15-16-17-18-19-22-27-31-39(43)46-35-37(34-41)36-47-40(44)32-28-24-21-20-23-26-30-38(42)45-33-29-25-10-8-6-4-2/h11-12,14-15,37,41H,3-10,13,16-36H2,1-2H3/b12-11-,15-14-. The minimum Gasteiger partial charge on any atom is -0.466 e. The number of aliphatic hydroxyl groups is 1. The van der Waals surface area contributed by atoms with Gasteiger partial charge in [-0.25, -0.2) is 0 Å². The molecule has 0 aliphatic rings. The number of carbonyl (C=O) groups is 3. The monoisotopic (exact) mass is 665 g/mol. The van der Waals surface area contributed by atoms with E-state index in [9.17, 15) is 19.5 Å². The van der Waals surface area contributed by atoms with Crippen LogP contribution in [0.2, 0.25) is 0 Å². The van der Waals surface area contributed by atoms with Gasteiger partial charge in [-0.15, -0.1) is 0 Å². The number of hydrogen-bond donors (Lipinski definition) is 1. The van der Waals surface area contributed by atoms with Crippen LogP contribution in [-0.4, -0.2) is 49.4 Å². The van der Waals surface area contributed by atoms with Crippen LogP contribution >= 0.6 is 0 Å². The van der Waals surface area contributed by atoms with Crippen LogP contribution in [0.25, 0.3) is 0 Å². The van der Waals surface area contributed by atoms with Crippen molar-refractivity contribution in [2.75, 3.05) is 26.4 Å². The first kappa shape index (κ1) is 44.9. The molecule has 7 nitrogen and oxygen atoms in total. The van der Waals surface area contributed by atoms with Crippen molar-refractivity contribution in [3.05, 3.63) is 24.3 Å². The number of rotatable bonds is 35. The molecule has 0 amide bonds. The summed E-state index contributed by atoms with van der Waals surface area (Å²) in [7, 11) is 0. The molecular weight excluding hydrogens is 592 g/mol. The van der Waals surface area contributed by atoms with Crippen molar-refractivity contribution >= 4 is 17.9 Å². The first-order valence-corrected chi connectivity index (χ1v) is 19.4. The molecule has 0 aliphatic heterocycles. The van der Waals surface area contributed by atoms with Crippen LogP contribution in [0.4, 0.5) is 0 Å². The summed E-state index contributed by atoms with van der Waals surface area (Å²) in [5.41, 5.74) is 0. The topological polar surface area (TPSA) is 99.1 Å². The average molecular weight is 665 g/mol. The Labute approximate surface area is 288 Å². The molecule has 7 heteroatoms. The Kier molecular flexibility index (Phi) is 35.0. The van der Waals surface area contributed by atoms with Gasteiger partial charge in [0, 0.05) is 19.3 Å². The number of aliphatic hydroxyl groups excluding tert-OH is 1. The van der Waals surface area contributed by atoms with Gasteiger partial charge in [0.2, 0.25) is 0 Å². The summed E-state index contributed by atoms with van der Waals surface area (Å²) in [5, 5.41) is 9.59. The second kappa shape index (κ2) is 36.7. The van der Waals surface area contributed by atoms with E-state index in [1.807, 2.05) is 0 Å². The predicted molar refractivity (Wildman–Crippen MR) is 193 cm³/mol. The normalized spacial score (nSPS) is 12.1. The van der Waals surface area contributed by atoms with Crippen molar-refractivity contribution < 1.29 is 33.7 Å². The molecule has 0 bridgehead atoms. The van der Waals surface area contributed by atoms with Crippen LogP contribution in [0.1, 0.15) is 181 Å². The lowest BCUT2D eigenvalue weighted by molar-refractivity contribution is -0.150. The van der Waals surface area contributed by atoms with Crippen LogP contribution in [0, 0.1) is 5.92 Å². The average Bonchev–Trinajstić information content (AvgIpc) is 3.07. The highest BCUT2D eigenvalue weighted by molar-refractivity contribution is 5.70. The summed E-state index contributed by atoms with van der Waals surface area (Å²) in [6.07, 6.45) is 35.5. The summed E-state index contributed by atoms with van der Waals surface area (Å²) < 4.78 is 15.9. The smallest absolute Gasteiger partial charge is 0.305 e. The van der Waals surface area contributed by atoms with Crippen LogP contribution < -0.4 is 0 Å². The van der Waals surface area contributed by atoms with E-state index in [-0.39, 0.29) is 37.7 Å². The first-order valence-electron chi connectivity index (χ1n) is 19.4. The molecule has 0 saturated carbocycles. The van der Waals surface area contributed by atoms with Gasteiger partial charge in [-0.05, 0) is 57.8 Å². The van der Waals surface area contributed by atoms with Gasteiger partial charge >= 0.3 is 17.9 Å². The minimum atomic E-state index is -0.398. The number of unbranched alkanes of at least 4 members (excludes halogenated alkanes) is 18. The van der Waals surface area contributed by atoms with Gasteiger partial charge < -0.3 is 19.3 Å². The molecule has 1 unspecified atom stereocenters. The fraction of sp³-hybridized carbons (Fsp3) is 0.825. The van der Waals surface area contributed by atoms with E-state index in [1.165, 1.54) is 64.2 Å². The molecule has 0 aliphatic carbocycles. The van der Waals surface area contributed by atoms with Crippen molar-refractivity contribution in [1.29, 1.82) is 0 Å². The molecule has 0 rings (SSSR count). The molecule has 0 radical (unpaired) electrons. The summed E-state index contributed by atoms with van der Waals surface area (Å²) in [5.74, 6) is -1.03. The fourth-order valence-electron chi connectivity index (χ4n) is 5.19. The molecule has 0 fully saturated rings. The van der Waals surface area contributed by atoms with Crippen LogP contribution in [0.3, 0.4) is 0 Å². The van der Waals surface area contributed by atoms with Gasteiger partial charge in [-0.2, -0.15) is 0 Å². The van der Waals surface area contributed by atoms with E-state index < -0.39 is 5.92 Å². The summed E-state index contributed by atoms with van der Waals surface area (Å²) in [6, 6.07) is 0. The van der Waals surface area contributed by atoms with Crippen molar-refractivity contribution in [2.45, 2.75) is 181 Å². The molecule has 1 atom stereocenters. The van der Waals surface area contributed by atoms with Crippen molar-refractivity contribution in [3.8, 4) is 0 Å². The highest BCUT2D eigenvalue weighted by Crippen LogP contribution is 2.12. The van der Waals surface area contributed by atoms with Crippen molar-refractivity contribution in [1.82, 2.24) is 0 Å². The molecule has 0 saturated heterocycles. The Morgan fingerprint density at radius 3 is 1.36 bits per heavy atom. The second-order valence-corrected chi connectivity index (χ2v) is 13.0. The summed E-state index contributed by atoms with van der Waals surface area (Å²) >= 11 is 0. The van der Waals surface area contributed by atoms with E-state index in [0.717, 1.165) is 83.5 Å². The SMILES string of the molecule is CCCCC/C=C\C/C=C\CCCCCCCC(=O)OCC(CO)COC(=O)CCCCCCCCC(=O)OCCCCCCCC. The second-order valence-electron chi connectivity index (χ2n) is 13.0. The highest BCUT2D eigenvalue weighted by Gasteiger charge is 2.14. The van der Waals surface area contributed by atoms with Gasteiger partial charge in [0.25, 0.3) is 0 Å². The maximum absolute atomic E-state index is 12.1. The van der Waals surface area contributed by atoms with E-state index in [0.29, 0.717) is 25.9 Å². The number of esters is 3. The summed E-state index contributed by atoms with van der Waals surface area (Å²) in [4.78, 5) is 36.0. The number of hydrogen-bond acceptors (Lipinski definition) is 7. The van der Waals surface area contributed by atoms with Gasteiger partial charge in [0.1, 0.15) is 0 Å². The Balaban J connectivity index is 3.61. The van der Waals surface area contributed by atoms with Crippen LogP contribution in [-0.2, 0) is 28.6 Å². The molecule has 0 aromatic rings. The Morgan fingerprint density at radius 1 is 0.489 bits per heavy atom. The van der Waals surface area contributed by atoms with Gasteiger partial charge in [0.05, 0.1) is 32.3 Å². The van der Waals surface area contributed by atoms with Crippen molar-refractivity contribution in [3.63, 3.8) is 0 Å². The highest BCUT2D eigenvalue weighted by atomic mass is 16.5. The predicted octanol–water partition coefficient (Wildman–Crippen LogP) is 10.5. The maximum Gasteiger partial charge on any atom is 0.305 e. The Morgan fingerprint density at radius 2 is 0.872 bits per heavy atom. The largest absolute Gasteiger partial charge is 0.466 e. The molecule has 0 heterocycles. The van der Waals surface area contributed by atoms with Gasteiger partial charge in [0.15, 0.2) is 0 Å². The molecule has 1 N–H and O–H groups in total. The van der Waals surface area contributed by atoms with Gasteiger partial charge in [-0.1, -0.05) is 128 Å². The number of allylic oxidation sites excluding steroid dienone is 4. The molecule has 0 spiro atoms. The zero-order chi connectivity index (χ0) is 34.5. The third kappa shape index (κ3) is 35.0. The first-order chi connectivity index (χ1) is 23.0. The molecule has 0 aromatic carbocycles. The lowest BCUT2D eigenvalue weighted by Gasteiger charge is -2.15. The number of ether oxygens (including phenoxy) is 3. The third-order valence-corrected chi connectivity index (χ3v) is 8.32. The zero-order valence-corrected chi connectivity index (χ0v) is 30.5. The van der Waals surface area contributed by atoms with Crippen molar-refractivity contribution in [2.24, 2.45) is 5.92 Å². The van der Waals surface area contributed by atoms with E-state index >= 15 is 0 Å². The quantitative estimate of drug-likeness (QED) is 0.0311. The third-order valence-electron chi connectivity index (χ3n) is 8.32. The summed E-state index contributed by atoms with van der Waals surface area (Å²) in [6.45, 7) is 4.91. The number of carbonyl (C=O) groups excluding carboxylic acids is 3. The lowest BCUT2D eigenvalue weighted by atomic mass is 10.1. The molecule has 0 aromatic heterocycles. The van der Waals surface area contributed by atoms with Crippen LogP contribution in [0.5, 0.6) is 0 Å². The minimum absolute atomic E-state index is 0.0568.